The smallest absolute Gasteiger partial charge is 0.318 e. The fourth-order valence-electron chi connectivity index (χ4n) is 2.44. The third-order valence-corrected chi connectivity index (χ3v) is 3.49. The molecule has 0 aromatic carbocycles. The molecule has 1 aliphatic rings. The van der Waals surface area contributed by atoms with E-state index in [9.17, 15) is 0 Å². The lowest BCUT2D eigenvalue weighted by molar-refractivity contribution is 0.0430. The molecule has 1 atom stereocenters. The van der Waals surface area contributed by atoms with Crippen LogP contribution in [0, 0.1) is 5.92 Å². The van der Waals surface area contributed by atoms with E-state index in [0.717, 1.165) is 45.5 Å². The van der Waals surface area contributed by atoms with Crippen LogP contribution in [0.5, 0.6) is 0 Å². The van der Waals surface area contributed by atoms with Crippen LogP contribution < -0.4 is 10.2 Å². The SMILES string of the molecule is CCCOC1CCCN(c2nnc(CNCC(C)C)o2)C1. The zero-order chi connectivity index (χ0) is 15.1. The van der Waals surface area contributed by atoms with Gasteiger partial charge in [-0.1, -0.05) is 25.9 Å². The van der Waals surface area contributed by atoms with E-state index >= 15 is 0 Å². The van der Waals surface area contributed by atoms with Gasteiger partial charge in [-0.3, -0.25) is 0 Å². The van der Waals surface area contributed by atoms with Gasteiger partial charge in [0.15, 0.2) is 0 Å². The Balaban J connectivity index is 1.82. The highest BCUT2D eigenvalue weighted by Crippen LogP contribution is 2.20. The number of hydrogen-bond donors (Lipinski definition) is 1. The Morgan fingerprint density at radius 2 is 2.29 bits per heavy atom. The van der Waals surface area contributed by atoms with Gasteiger partial charge in [0.1, 0.15) is 0 Å². The molecule has 1 aliphatic heterocycles. The first-order valence-electron chi connectivity index (χ1n) is 8.08. The minimum absolute atomic E-state index is 0.285. The van der Waals surface area contributed by atoms with E-state index in [1.807, 2.05) is 0 Å². The lowest BCUT2D eigenvalue weighted by Gasteiger charge is -2.31. The Labute approximate surface area is 127 Å². The zero-order valence-electron chi connectivity index (χ0n) is 13.5. The maximum atomic E-state index is 5.84. The molecule has 1 N–H and O–H groups in total. The van der Waals surface area contributed by atoms with Crippen molar-refractivity contribution in [3.63, 3.8) is 0 Å². The third kappa shape index (κ3) is 5.28. The summed E-state index contributed by atoms with van der Waals surface area (Å²) in [6.45, 7) is 10.7. The molecule has 0 saturated carbocycles. The minimum atomic E-state index is 0.285. The van der Waals surface area contributed by atoms with Crippen molar-refractivity contribution in [2.24, 2.45) is 5.92 Å². The summed E-state index contributed by atoms with van der Waals surface area (Å²) in [7, 11) is 0. The van der Waals surface area contributed by atoms with E-state index in [1.54, 1.807) is 0 Å². The van der Waals surface area contributed by atoms with E-state index in [2.05, 4.69) is 41.2 Å². The van der Waals surface area contributed by atoms with Crippen molar-refractivity contribution >= 4 is 6.01 Å². The summed E-state index contributed by atoms with van der Waals surface area (Å²) in [6, 6.07) is 0.626. The van der Waals surface area contributed by atoms with Crippen LogP contribution in [0.2, 0.25) is 0 Å². The van der Waals surface area contributed by atoms with Gasteiger partial charge in [-0.25, -0.2) is 0 Å². The maximum Gasteiger partial charge on any atom is 0.318 e. The first-order valence-corrected chi connectivity index (χ1v) is 8.08. The Morgan fingerprint density at radius 1 is 1.43 bits per heavy atom. The predicted molar refractivity (Wildman–Crippen MR) is 82.3 cm³/mol. The van der Waals surface area contributed by atoms with Gasteiger partial charge < -0.3 is 19.4 Å². The second-order valence-electron chi connectivity index (χ2n) is 6.08. The average Bonchev–Trinajstić information content (AvgIpc) is 2.94. The Kier molecular flexibility index (Phi) is 6.45. The van der Waals surface area contributed by atoms with E-state index in [1.165, 1.54) is 0 Å². The van der Waals surface area contributed by atoms with E-state index < -0.39 is 0 Å². The van der Waals surface area contributed by atoms with Crippen molar-refractivity contribution in [1.29, 1.82) is 0 Å². The first kappa shape index (κ1) is 16.2. The second kappa shape index (κ2) is 8.34. The summed E-state index contributed by atoms with van der Waals surface area (Å²) in [5.41, 5.74) is 0. The molecule has 6 heteroatoms. The van der Waals surface area contributed by atoms with Gasteiger partial charge in [0, 0.05) is 19.7 Å². The number of aromatic nitrogens is 2. The molecular formula is C15H28N4O2. The topological polar surface area (TPSA) is 63.4 Å². The summed E-state index contributed by atoms with van der Waals surface area (Å²) in [4.78, 5) is 2.14. The number of hydrogen-bond acceptors (Lipinski definition) is 6. The molecule has 1 fully saturated rings. The van der Waals surface area contributed by atoms with Crippen molar-refractivity contribution in [2.45, 2.75) is 52.7 Å². The van der Waals surface area contributed by atoms with Crippen LogP contribution in [0.25, 0.3) is 0 Å². The van der Waals surface area contributed by atoms with Gasteiger partial charge >= 0.3 is 6.01 Å². The molecule has 2 heterocycles. The second-order valence-corrected chi connectivity index (χ2v) is 6.08. The highest BCUT2D eigenvalue weighted by Gasteiger charge is 2.24. The molecule has 21 heavy (non-hydrogen) atoms. The molecule has 0 spiro atoms. The van der Waals surface area contributed by atoms with Crippen molar-refractivity contribution in [1.82, 2.24) is 15.5 Å². The summed E-state index contributed by atoms with van der Waals surface area (Å²) in [5.74, 6) is 1.27. The standard InChI is InChI=1S/C15H28N4O2/c1-4-8-20-13-6-5-7-19(11-13)15-18-17-14(21-15)10-16-9-12(2)3/h12-13,16H,4-11H2,1-3H3. The molecule has 6 nitrogen and oxygen atoms in total. The van der Waals surface area contributed by atoms with Gasteiger partial charge in [-0.2, -0.15) is 0 Å². The van der Waals surface area contributed by atoms with Gasteiger partial charge in [0.2, 0.25) is 5.89 Å². The molecule has 0 radical (unpaired) electrons. The number of nitrogens with zero attached hydrogens (tertiary/aromatic N) is 3. The van der Waals surface area contributed by atoms with Crippen LogP contribution in [0.1, 0.15) is 45.9 Å². The fraction of sp³-hybridized carbons (Fsp3) is 0.867. The van der Waals surface area contributed by atoms with Crippen molar-refractivity contribution < 1.29 is 9.15 Å². The first-order chi connectivity index (χ1) is 10.2. The molecule has 0 amide bonds. The third-order valence-electron chi connectivity index (χ3n) is 3.49. The minimum Gasteiger partial charge on any atom is -0.407 e. The lowest BCUT2D eigenvalue weighted by atomic mass is 10.1. The van der Waals surface area contributed by atoms with Crippen LogP contribution in [-0.2, 0) is 11.3 Å². The van der Waals surface area contributed by atoms with Crippen LogP contribution in [0.15, 0.2) is 4.42 Å². The predicted octanol–water partition coefficient (Wildman–Crippen LogP) is 2.21. The van der Waals surface area contributed by atoms with Crippen LogP contribution in [0.3, 0.4) is 0 Å². The zero-order valence-corrected chi connectivity index (χ0v) is 13.5. The largest absolute Gasteiger partial charge is 0.407 e. The summed E-state index contributed by atoms with van der Waals surface area (Å²) in [5, 5.41) is 11.6. The van der Waals surface area contributed by atoms with Gasteiger partial charge in [0.05, 0.1) is 12.6 Å². The van der Waals surface area contributed by atoms with Crippen molar-refractivity contribution in [3.8, 4) is 0 Å². The fourth-order valence-corrected chi connectivity index (χ4v) is 2.44. The number of ether oxygens (including phenoxy) is 1. The van der Waals surface area contributed by atoms with E-state index in [4.69, 9.17) is 9.15 Å². The van der Waals surface area contributed by atoms with Crippen LogP contribution >= 0.6 is 0 Å². The van der Waals surface area contributed by atoms with Crippen LogP contribution in [-0.4, -0.2) is 42.5 Å². The summed E-state index contributed by atoms with van der Waals surface area (Å²) < 4.78 is 11.6. The van der Waals surface area contributed by atoms with E-state index in [0.29, 0.717) is 24.4 Å². The highest BCUT2D eigenvalue weighted by atomic mass is 16.5. The Bertz CT molecular complexity index is 408. The summed E-state index contributed by atoms with van der Waals surface area (Å²) >= 11 is 0. The number of anilines is 1. The van der Waals surface area contributed by atoms with E-state index in [-0.39, 0.29) is 6.10 Å². The molecule has 0 aliphatic carbocycles. The van der Waals surface area contributed by atoms with Gasteiger partial charge in [-0.05, 0) is 31.7 Å². The molecule has 0 bridgehead atoms. The molecule has 1 saturated heterocycles. The highest BCUT2D eigenvalue weighted by molar-refractivity contribution is 5.25. The molecule has 1 unspecified atom stereocenters. The van der Waals surface area contributed by atoms with Crippen LogP contribution in [0.4, 0.5) is 6.01 Å². The monoisotopic (exact) mass is 296 g/mol. The normalized spacial score (nSPS) is 19.4. The molecule has 1 aromatic rings. The maximum absolute atomic E-state index is 5.84. The molecular weight excluding hydrogens is 268 g/mol. The number of rotatable bonds is 8. The molecule has 120 valence electrons. The quantitative estimate of drug-likeness (QED) is 0.793. The van der Waals surface area contributed by atoms with Gasteiger partial charge in [0.25, 0.3) is 0 Å². The van der Waals surface area contributed by atoms with Gasteiger partial charge in [-0.15, -0.1) is 5.10 Å². The molecule has 1 aromatic heterocycles. The average molecular weight is 296 g/mol. The van der Waals surface area contributed by atoms with Crippen molar-refractivity contribution in [3.05, 3.63) is 5.89 Å². The number of nitrogens with one attached hydrogen (secondary N) is 1. The Morgan fingerprint density at radius 3 is 3.05 bits per heavy atom. The lowest BCUT2D eigenvalue weighted by Crippen LogP contribution is -2.40. The number of piperidine rings is 1. The summed E-state index contributed by atoms with van der Waals surface area (Å²) in [6.07, 6.45) is 3.57. The van der Waals surface area contributed by atoms with Crippen molar-refractivity contribution in [2.75, 3.05) is 31.1 Å². The Hall–Kier alpha value is -1.14. The molecule has 2 rings (SSSR count).